The van der Waals surface area contributed by atoms with Crippen LogP contribution in [0.5, 0.6) is 0 Å². The number of aromatic nitrogens is 2. The molecule has 1 aromatic rings. The van der Waals surface area contributed by atoms with Gasteiger partial charge in [-0.15, -0.1) is 0 Å². The van der Waals surface area contributed by atoms with Gasteiger partial charge >= 0.3 is 0 Å². The summed E-state index contributed by atoms with van der Waals surface area (Å²) in [7, 11) is 2.03. The molecule has 0 radical (unpaired) electrons. The quantitative estimate of drug-likeness (QED) is 0.906. The Balaban J connectivity index is 1.48. The molecule has 4 rings (SSSR count). The highest BCUT2D eigenvalue weighted by Gasteiger charge is 2.58. The van der Waals surface area contributed by atoms with Gasteiger partial charge in [0.2, 0.25) is 0 Å². The highest BCUT2D eigenvalue weighted by atomic mass is 15.2. The second-order valence-corrected chi connectivity index (χ2v) is 7.24. The summed E-state index contributed by atoms with van der Waals surface area (Å²) in [6.45, 7) is 0. The van der Waals surface area contributed by atoms with Gasteiger partial charge in [-0.25, -0.2) is 0 Å². The molecule has 1 heterocycles. The maximum Gasteiger partial charge on any atom is 0.0492 e. The first-order valence-electron chi connectivity index (χ1n) is 7.93. The van der Waals surface area contributed by atoms with Crippen LogP contribution in [0.1, 0.15) is 44.2 Å². The molecule has 0 aliphatic heterocycles. The fraction of sp³-hybridized carbons (Fsp3) is 0.812. The summed E-state index contributed by atoms with van der Waals surface area (Å²) in [6.07, 6.45) is 11.3. The van der Waals surface area contributed by atoms with Crippen molar-refractivity contribution in [2.75, 3.05) is 0 Å². The third kappa shape index (κ3) is 1.70. The van der Waals surface area contributed by atoms with E-state index in [1.165, 1.54) is 37.8 Å². The average molecular weight is 259 g/mol. The highest BCUT2D eigenvalue weighted by molar-refractivity contribution is 5.13. The van der Waals surface area contributed by atoms with Crippen molar-refractivity contribution >= 4 is 0 Å². The Morgan fingerprint density at radius 2 is 2.26 bits per heavy atom. The van der Waals surface area contributed by atoms with Crippen LogP contribution in [0.2, 0.25) is 0 Å². The lowest BCUT2D eigenvalue weighted by Gasteiger charge is -2.40. The lowest BCUT2D eigenvalue weighted by molar-refractivity contribution is 0.148. The van der Waals surface area contributed by atoms with Gasteiger partial charge in [-0.3, -0.25) is 4.68 Å². The summed E-state index contributed by atoms with van der Waals surface area (Å²) < 4.78 is 1.99. The number of aryl methyl sites for hydroxylation is 2. The molecular weight excluding hydrogens is 234 g/mol. The fourth-order valence-electron chi connectivity index (χ4n) is 5.61. The smallest absolute Gasteiger partial charge is 0.0492 e. The number of nitrogens with zero attached hydrogens (tertiary/aromatic N) is 2. The zero-order chi connectivity index (χ0) is 13.0. The average Bonchev–Trinajstić information content (AvgIpc) is 3.07. The third-order valence-corrected chi connectivity index (χ3v) is 6.45. The van der Waals surface area contributed by atoms with Gasteiger partial charge in [-0.05, 0) is 68.3 Å². The van der Waals surface area contributed by atoms with E-state index in [-0.39, 0.29) is 5.54 Å². The monoisotopic (exact) mass is 259 g/mol. The van der Waals surface area contributed by atoms with Crippen LogP contribution < -0.4 is 5.73 Å². The van der Waals surface area contributed by atoms with Gasteiger partial charge < -0.3 is 5.73 Å². The first kappa shape index (κ1) is 12.0. The van der Waals surface area contributed by atoms with Crippen LogP contribution in [0.4, 0.5) is 0 Å². The lowest BCUT2D eigenvalue weighted by atomic mass is 9.69. The number of hydrogen-bond donors (Lipinski definition) is 1. The van der Waals surface area contributed by atoms with E-state index < -0.39 is 0 Å². The molecule has 5 unspecified atom stereocenters. The summed E-state index contributed by atoms with van der Waals surface area (Å²) in [5.74, 6) is 3.78. The van der Waals surface area contributed by atoms with Gasteiger partial charge in [0.15, 0.2) is 0 Å². The zero-order valence-corrected chi connectivity index (χ0v) is 11.9. The second-order valence-electron chi connectivity index (χ2n) is 7.24. The summed E-state index contributed by atoms with van der Waals surface area (Å²) in [5.41, 5.74) is 8.29. The Hall–Kier alpha value is -0.830. The largest absolute Gasteiger partial charge is 0.325 e. The Labute approximate surface area is 115 Å². The number of nitrogens with two attached hydrogens (primary N) is 1. The second kappa shape index (κ2) is 4.08. The molecule has 0 saturated heterocycles. The summed E-state index contributed by atoms with van der Waals surface area (Å²) >= 11 is 0. The summed E-state index contributed by atoms with van der Waals surface area (Å²) in [4.78, 5) is 0. The first-order valence-corrected chi connectivity index (χ1v) is 7.93. The molecule has 2 N–H and O–H groups in total. The zero-order valence-electron chi connectivity index (χ0n) is 11.9. The molecule has 3 heteroatoms. The van der Waals surface area contributed by atoms with Gasteiger partial charge in [0, 0.05) is 24.5 Å². The number of rotatable bonds is 3. The molecule has 0 amide bonds. The number of fused-ring (bicyclic) bond motifs is 5. The topological polar surface area (TPSA) is 43.8 Å². The van der Waals surface area contributed by atoms with Crippen LogP contribution in [0.15, 0.2) is 12.3 Å². The highest BCUT2D eigenvalue weighted by Crippen LogP contribution is 2.62. The fourth-order valence-corrected chi connectivity index (χ4v) is 5.61. The van der Waals surface area contributed by atoms with Gasteiger partial charge in [0.1, 0.15) is 0 Å². The standard InChI is InChI=1S/C16H25N3/c1-19-12(6-8-18-19)5-7-16(17)10-11-9-15(16)14-4-2-3-13(11)14/h6,8,11,13-15H,2-5,7,9-10,17H2,1H3. The van der Waals surface area contributed by atoms with Crippen molar-refractivity contribution < 1.29 is 0 Å². The van der Waals surface area contributed by atoms with E-state index in [2.05, 4.69) is 11.2 Å². The molecule has 0 spiro atoms. The SMILES string of the molecule is Cn1nccc1CCC1(N)CC2CC1C1CCCC21. The first-order chi connectivity index (χ1) is 9.17. The lowest BCUT2D eigenvalue weighted by Crippen LogP contribution is -2.49. The van der Waals surface area contributed by atoms with Gasteiger partial charge in [-0.2, -0.15) is 5.10 Å². The molecule has 2 bridgehead atoms. The minimum atomic E-state index is 0.125. The van der Waals surface area contributed by atoms with Crippen molar-refractivity contribution in [3.63, 3.8) is 0 Å². The van der Waals surface area contributed by atoms with Crippen molar-refractivity contribution in [2.24, 2.45) is 36.5 Å². The molecule has 3 aliphatic rings. The maximum absolute atomic E-state index is 6.84. The Morgan fingerprint density at radius 1 is 1.42 bits per heavy atom. The van der Waals surface area contributed by atoms with Gasteiger partial charge in [0.05, 0.1) is 0 Å². The van der Waals surface area contributed by atoms with Crippen molar-refractivity contribution in [1.29, 1.82) is 0 Å². The minimum absolute atomic E-state index is 0.125. The maximum atomic E-state index is 6.84. The van der Waals surface area contributed by atoms with E-state index in [0.29, 0.717) is 0 Å². The molecule has 0 aromatic carbocycles. The van der Waals surface area contributed by atoms with Crippen LogP contribution >= 0.6 is 0 Å². The Kier molecular flexibility index (Phi) is 2.57. The molecule has 3 fully saturated rings. The van der Waals surface area contributed by atoms with Crippen LogP contribution in [0.25, 0.3) is 0 Å². The van der Waals surface area contributed by atoms with Crippen LogP contribution in [0, 0.1) is 23.7 Å². The molecule has 5 atom stereocenters. The van der Waals surface area contributed by atoms with Gasteiger partial charge in [0.25, 0.3) is 0 Å². The molecule has 3 saturated carbocycles. The molecule has 3 nitrogen and oxygen atoms in total. The van der Waals surface area contributed by atoms with Crippen LogP contribution in [-0.4, -0.2) is 15.3 Å². The van der Waals surface area contributed by atoms with Crippen LogP contribution in [-0.2, 0) is 13.5 Å². The van der Waals surface area contributed by atoms with Gasteiger partial charge in [-0.1, -0.05) is 6.42 Å². The normalized spacial score (nSPS) is 43.9. The van der Waals surface area contributed by atoms with Crippen molar-refractivity contribution in [1.82, 2.24) is 9.78 Å². The Bertz CT molecular complexity index is 480. The van der Waals surface area contributed by atoms with Crippen molar-refractivity contribution in [3.05, 3.63) is 18.0 Å². The number of hydrogen-bond acceptors (Lipinski definition) is 2. The predicted octanol–water partition coefficient (Wildman–Crippen LogP) is 2.51. The van der Waals surface area contributed by atoms with E-state index in [1.54, 1.807) is 0 Å². The predicted molar refractivity (Wildman–Crippen MR) is 75.5 cm³/mol. The van der Waals surface area contributed by atoms with Crippen LogP contribution in [0.3, 0.4) is 0 Å². The molecule has 104 valence electrons. The van der Waals surface area contributed by atoms with E-state index in [4.69, 9.17) is 5.73 Å². The molecule has 3 aliphatic carbocycles. The van der Waals surface area contributed by atoms with Crippen molar-refractivity contribution in [3.8, 4) is 0 Å². The van der Waals surface area contributed by atoms with Crippen molar-refractivity contribution in [2.45, 2.75) is 50.5 Å². The summed E-state index contributed by atoms with van der Waals surface area (Å²) in [6, 6.07) is 2.13. The van der Waals surface area contributed by atoms with E-state index in [0.717, 1.165) is 36.5 Å². The minimum Gasteiger partial charge on any atom is -0.325 e. The van der Waals surface area contributed by atoms with E-state index >= 15 is 0 Å². The Morgan fingerprint density at radius 3 is 3.05 bits per heavy atom. The molecule has 19 heavy (non-hydrogen) atoms. The van der Waals surface area contributed by atoms with E-state index in [1.807, 2.05) is 17.9 Å². The third-order valence-electron chi connectivity index (χ3n) is 6.45. The molecule has 1 aromatic heterocycles. The summed E-state index contributed by atoms with van der Waals surface area (Å²) in [5, 5.41) is 4.26. The van der Waals surface area contributed by atoms with E-state index in [9.17, 15) is 0 Å². The molecular formula is C16H25N3.